The summed E-state index contributed by atoms with van der Waals surface area (Å²) in [5, 5.41) is 4.90. The molecule has 152 valence electrons. The standard InChI is InChI=1S/C21H25N5O2S/c27-20(17-8-9-17)23-21-22-19-3-1-2-18(26(19)24-21)16-6-4-15(5-7-16)14-25-10-12-29(28)13-11-25/h1-7,17,21,24H,8-14H2,(H,23,27). The molecule has 1 aromatic carbocycles. The largest absolute Gasteiger partial charge is 0.616 e. The van der Waals surface area contributed by atoms with Gasteiger partial charge in [0.15, 0.2) is 6.29 Å². The molecular weight excluding hydrogens is 386 g/mol. The number of benzene rings is 1. The van der Waals surface area contributed by atoms with E-state index in [1.165, 1.54) is 5.56 Å². The molecule has 0 aromatic heterocycles. The van der Waals surface area contributed by atoms with Gasteiger partial charge in [0.25, 0.3) is 0 Å². The molecule has 1 saturated heterocycles. The minimum Gasteiger partial charge on any atom is -0.616 e. The Balaban J connectivity index is 1.24. The molecule has 0 radical (unpaired) electrons. The zero-order valence-corrected chi connectivity index (χ0v) is 17.0. The topological polar surface area (TPSA) is 83.0 Å². The number of amides is 1. The highest BCUT2D eigenvalue weighted by Crippen LogP contribution is 2.29. The fraction of sp³-hybridized carbons (Fsp3) is 0.429. The number of nitrogens with zero attached hydrogens (tertiary/aromatic N) is 3. The Kier molecular flexibility index (Phi) is 5.17. The van der Waals surface area contributed by atoms with Crippen molar-refractivity contribution in [3.8, 4) is 0 Å². The van der Waals surface area contributed by atoms with Crippen LogP contribution < -0.4 is 10.7 Å². The highest BCUT2D eigenvalue weighted by atomic mass is 32.2. The van der Waals surface area contributed by atoms with Crippen molar-refractivity contribution in [3.05, 3.63) is 53.6 Å². The normalized spacial score (nSPS) is 24.9. The summed E-state index contributed by atoms with van der Waals surface area (Å²) in [6, 6.07) is 8.55. The first kappa shape index (κ1) is 18.9. The van der Waals surface area contributed by atoms with Crippen LogP contribution in [0.4, 0.5) is 0 Å². The molecule has 1 atom stereocenters. The van der Waals surface area contributed by atoms with Gasteiger partial charge < -0.3 is 9.87 Å². The fourth-order valence-corrected chi connectivity index (χ4v) is 4.91. The van der Waals surface area contributed by atoms with Crippen molar-refractivity contribution in [2.75, 3.05) is 24.6 Å². The van der Waals surface area contributed by atoms with Gasteiger partial charge in [-0.15, -0.1) is 0 Å². The fourth-order valence-electron chi connectivity index (χ4n) is 3.78. The molecule has 1 amide bonds. The molecule has 3 aliphatic heterocycles. The Labute approximate surface area is 173 Å². The molecule has 3 heterocycles. The van der Waals surface area contributed by atoms with E-state index in [-0.39, 0.29) is 11.8 Å². The molecule has 5 rings (SSSR count). The lowest BCUT2D eigenvalue weighted by molar-refractivity contribution is -0.123. The molecule has 29 heavy (non-hydrogen) atoms. The predicted molar refractivity (Wildman–Crippen MR) is 114 cm³/mol. The smallest absolute Gasteiger partial charge is 0.225 e. The molecule has 2 N–H and O–H groups in total. The third-order valence-corrected chi connectivity index (χ3v) is 6.91. The van der Waals surface area contributed by atoms with E-state index >= 15 is 0 Å². The van der Waals surface area contributed by atoms with Crippen molar-refractivity contribution in [2.45, 2.75) is 25.7 Å². The van der Waals surface area contributed by atoms with Gasteiger partial charge in [-0.2, -0.15) is 5.43 Å². The SMILES string of the molecule is O=C(NC1N=C2C=CC=C(c3ccc(CN4CC[S+]([O-])CC4)cc3)N2N1)C1CC1. The van der Waals surface area contributed by atoms with E-state index in [0.29, 0.717) is 0 Å². The summed E-state index contributed by atoms with van der Waals surface area (Å²) in [4.78, 5) is 19.0. The number of hydrogen-bond donors (Lipinski definition) is 2. The lowest BCUT2D eigenvalue weighted by atomic mass is 10.1. The summed E-state index contributed by atoms with van der Waals surface area (Å²) < 4.78 is 11.5. The summed E-state index contributed by atoms with van der Waals surface area (Å²) >= 11 is -0.640. The average molecular weight is 412 g/mol. The molecule has 1 aromatic rings. The molecule has 0 bridgehead atoms. The minimum absolute atomic E-state index is 0.0760. The average Bonchev–Trinajstić information content (AvgIpc) is 3.50. The third kappa shape index (κ3) is 4.25. The number of allylic oxidation sites excluding steroid dienone is 2. The summed E-state index contributed by atoms with van der Waals surface area (Å²) in [5.74, 6) is 2.59. The Bertz CT molecular complexity index is 870. The number of nitrogens with one attached hydrogen (secondary N) is 2. The second kappa shape index (κ2) is 7.95. The van der Waals surface area contributed by atoms with E-state index < -0.39 is 17.5 Å². The van der Waals surface area contributed by atoms with Crippen LogP contribution in [0.1, 0.15) is 24.0 Å². The van der Waals surface area contributed by atoms with Gasteiger partial charge in [0.05, 0.1) is 5.70 Å². The van der Waals surface area contributed by atoms with Crippen LogP contribution in [0.3, 0.4) is 0 Å². The molecular formula is C21H25N5O2S. The maximum absolute atomic E-state index is 12.0. The van der Waals surface area contributed by atoms with E-state index in [0.717, 1.165) is 61.1 Å². The van der Waals surface area contributed by atoms with Gasteiger partial charge in [0, 0.05) is 25.6 Å². The van der Waals surface area contributed by atoms with Crippen LogP contribution in [-0.4, -0.2) is 57.1 Å². The monoisotopic (exact) mass is 411 g/mol. The number of carbonyl (C=O) groups excluding carboxylic acids is 1. The molecule has 8 heteroatoms. The first-order valence-electron chi connectivity index (χ1n) is 10.2. The number of fused-ring (bicyclic) bond motifs is 1. The van der Waals surface area contributed by atoms with Crippen LogP contribution in [0.2, 0.25) is 0 Å². The van der Waals surface area contributed by atoms with Crippen LogP contribution >= 0.6 is 0 Å². The third-order valence-electron chi connectivity index (χ3n) is 5.64. The van der Waals surface area contributed by atoms with Gasteiger partial charge in [0.2, 0.25) is 5.91 Å². The Morgan fingerprint density at radius 3 is 2.72 bits per heavy atom. The van der Waals surface area contributed by atoms with Gasteiger partial charge in [-0.25, -0.2) is 4.99 Å². The van der Waals surface area contributed by atoms with Crippen LogP contribution in [0.5, 0.6) is 0 Å². The Hall–Kier alpha value is -2.13. The van der Waals surface area contributed by atoms with Crippen molar-refractivity contribution in [1.29, 1.82) is 0 Å². The molecule has 1 aliphatic carbocycles. The number of rotatable bonds is 5. The predicted octanol–water partition coefficient (Wildman–Crippen LogP) is 1.19. The van der Waals surface area contributed by atoms with Gasteiger partial charge >= 0.3 is 0 Å². The Morgan fingerprint density at radius 2 is 2.00 bits per heavy atom. The maximum Gasteiger partial charge on any atom is 0.225 e. The maximum atomic E-state index is 12.0. The van der Waals surface area contributed by atoms with Crippen molar-refractivity contribution >= 4 is 28.6 Å². The first-order valence-corrected chi connectivity index (χ1v) is 11.6. The highest BCUT2D eigenvalue weighted by Gasteiger charge is 2.34. The lowest BCUT2D eigenvalue weighted by Crippen LogP contribution is -2.47. The highest BCUT2D eigenvalue weighted by molar-refractivity contribution is 7.91. The zero-order chi connectivity index (χ0) is 19.8. The van der Waals surface area contributed by atoms with E-state index in [9.17, 15) is 9.35 Å². The van der Waals surface area contributed by atoms with Crippen LogP contribution in [0, 0.1) is 5.92 Å². The second-order valence-electron chi connectivity index (χ2n) is 7.87. The molecule has 1 saturated carbocycles. The molecule has 1 unspecified atom stereocenters. The first-order chi connectivity index (χ1) is 14.2. The van der Waals surface area contributed by atoms with Crippen molar-refractivity contribution in [2.24, 2.45) is 10.9 Å². The van der Waals surface area contributed by atoms with Crippen molar-refractivity contribution in [1.82, 2.24) is 20.7 Å². The number of amidine groups is 1. The number of aliphatic imine (C=N–C) groups is 1. The molecule has 7 nitrogen and oxygen atoms in total. The quantitative estimate of drug-likeness (QED) is 0.712. The Morgan fingerprint density at radius 1 is 1.24 bits per heavy atom. The number of hydrazine groups is 1. The second-order valence-corrected chi connectivity index (χ2v) is 9.57. The molecule has 4 aliphatic rings. The molecule has 0 spiro atoms. The summed E-state index contributed by atoms with van der Waals surface area (Å²) in [6.07, 6.45) is 7.50. The van der Waals surface area contributed by atoms with E-state index in [1.807, 2.05) is 23.2 Å². The van der Waals surface area contributed by atoms with Gasteiger partial charge in [-0.3, -0.25) is 14.7 Å². The van der Waals surface area contributed by atoms with Crippen molar-refractivity contribution < 1.29 is 9.35 Å². The summed E-state index contributed by atoms with van der Waals surface area (Å²) in [6.45, 7) is 2.69. The van der Waals surface area contributed by atoms with Gasteiger partial charge in [-0.1, -0.05) is 41.5 Å². The van der Waals surface area contributed by atoms with Gasteiger partial charge in [-0.05, 0) is 36.1 Å². The van der Waals surface area contributed by atoms with E-state index in [1.54, 1.807) is 0 Å². The molecule has 2 fully saturated rings. The summed E-state index contributed by atoms with van der Waals surface area (Å²) in [7, 11) is 0. The number of carbonyl (C=O) groups is 1. The van der Waals surface area contributed by atoms with Crippen molar-refractivity contribution in [3.63, 3.8) is 0 Å². The minimum atomic E-state index is -0.640. The van der Waals surface area contributed by atoms with Crippen LogP contribution in [0.15, 0.2) is 47.5 Å². The van der Waals surface area contributed by atoms with Crippen LogP contribution in [0.25, 0.3) is 5.70 Å². The van der Waals surface area contributed by atoms with E-state index in [4.69, 9.17) is 0 Å². The lowest BCUT2D eigenvalue weighted by Gasteiger charge is -2.28. The number of hydrogen-bond acceptors (Lipinski definition) is 6. The van der Waals surface area contributed by atoms with Crippen LogP contribution in [-0.2, 0) is 22.5 Å². The summed E-state index contributed by atoms with van der Waals surface area (Å²) in [5.41, 5.74) is 6.63. The van der Waals surface area contributed by atoms with E-state index in [2.05, 4.69) is 44.9 Å². The van der Waals surface area contributed by atoms with Gasteiger partial charge in [0.1, 0.15) is 17.3 Å². The zero-order valence-electron chi connectivity index (χ0n) is 16.2.